The number of aliphatic hydroxyl groups excluding tert-OH is 1. The van der Waals surface area contributed by atoms with Crippen LogP contribution in [0.25, 0.3) is 0 Å². The van der Waals surface area contributed by atoms with Gasteiger partial charge in [-0.1, -0.05) is 25.1 Å². The number of hydrogen-bond donors (Lipinski definition) is 3. The number of amides is 1. The van der Waals surface area contributed by atoms with Gasteiger partial charge in [0.2, 0.25) is 5.91 Å². The van der Waals surface area contributed by atoms with Crippen molar-refractivity contribution < 1.29 is 9.90 Å². The maximum absolute atomic E-state index is 12.2. The van der Waals surface area contributed by atoms with Crippen molar-refractivity contribution in [3.05, 3.63) is 29.8 Å². The summed E-state index contributed by atoms with van der Waals surface area (Å²) in [7, 11) is 0. The average molecular weight is 262 g/mol. The zero-order valence-corrected chi connectivity index (χ0v) is 11.6. The van der Waals surface area contributed by atoms with E-state index in [1.807, 2.05) is 38.1 Å². The molecular weight excluding hydrogens is 240 g/mol. The molecule has 1 amide bonds. The van der Waals surface area contributed by atoms with E-state index < -0.39 is 5.54 Å². The number of hydrogen-bond acceptors (Lipinski definition) is 3. The summed E-state index contributed by atoms with van der Waals surface area (Å²) in [5, 5.41) is 15.7. The van der Waals surface area contributed by atoms with Crippen molar-refractivity contribution in [1.29, 1.82) is 0 Å². The van der Waals surface area contributed by atoms with E-state index in [1.165, 1.54) is 5.56 Å². The summed E-state index contributed by atoms with van der Waals surface area (Å²) in [6.07, 6.45) is 2.39. The van der Waals surface area contributed by atoms with Gasteiger partial charge in [-0.3, -0.25) is 10.1 Å². The fraction of sp³-hybridized carbons (Fsp3) is 0.533. The van der Waals surface area contributed by atoms with Gasteiger partial charge < -0.3 is 10.4 Å². The maximum Gasteiger partial charge on any atom is 0.241 e. The first kappa shape index (κ1) is 14.0. The van der Waals surface area contributed by atoms with Gasteiger partial charge in [-0.05, 0) is 37.8 Å². The van der Waals surface area contributed by atoms with Crippen LogP contribution in [0.2, 0.25) is 0 Å². The summed E-state index contributed by atoms with van der Waals surface area (Å²) in [6, 6.07) is 7.63. The van der Waals surface area contributed by atoms with E-state index in [0.717, 1.165) is 24.9 Å². The summed E-state index contributed by atoms with van der Waals surface area (Å²) in [4.78, 5) is 12.2. The van der Waals surface area contributed by atoms with Gasteiger partial charge in [0, 0.05) is 11.2 Å². The van der Waals surface area contributed by atoms with Crippen LogP contribution in [0.4, 0.5) is 5.69 Å². The second-order valence-corrected chi connectivity index (χ2v) is 5.45. The Labute approximate surface area is 114 Å². The van der Waals surface area contributed by atoms with E-state index in [0.29, 0.717) is 0 Å². The van der Waals surface area contributed by atoms with E-state index in [1.54, 1.807) is 0 Å². The van der Waals surface area contributed by atoms with Gasteiger partial charge in [-0.25, -0.2) is 0 Å². The lowest BCUT2D eigenvalue weighted by Gasteiger charge is -2.31. The van der Waals surface area contributed by atoms with Crippen molar-refractivity contribution in [2.45, 2.75) is 44.7 Å². The third kappa shape index (κ3) is 3.14. The van der Waals surface area contributed by atoms with Crippen molar-refractivity contribution in [2.75, 3.05) is 11.9 Å². The number of carbonyl (C=O) groups is 1. The molecule has 2 unspecified atom stereocenters. The second kappa shape index (κ2) is 5.72. The molecule has 104 valence electrons. The number of aryl methyl sites for hydroxylation is 1. The minimum Gasteiger partial charge on any atom is -0.394 e. The Kier molecular flexibility index (Phi) is 4.22. The molecule has 3 N–H and O–H groups in total. The number of anilines is 1. The Morgan fingerprint density at radius 2 is 2.21 bits per heavy atom. The van der Waals surface area contributed by atoms with Crippen LogP contribution in [0.3, 0.4) is 0 Å². The summed E-state index contributed by atoms with van der Waals surface area (Å²) in [5.41, 5.74) is 1.67. The van der Waals surface area contributed by atoms with Gasteiger partial charge in [-0.2, -0.15) is 0 Å². The zero-order chi connectivity index (χ0) is 13.9. The van der Waals surface area contributed by atoms with Crippen molar-refractivity contribution in [3.8, 4) is 0 Å². The lowest BCUT2D eigenvalue weighted by atomic mass is 9.97. The first-order chi connectivity index (χ1) is 9.08. The molecule has 0 aromatic heterocycles. The minimum absolute atomic E-state index is 0.0157. The monoisotopic (exact) mass is 262 g/mol. The minimum atomic E-state index is -0.404. The molecule has 0 aliphatic carbocycles. The molecule has 0 bridgehead atoms. The van der Waals surface area contributed by atoms with E-state index in [-0.39, 0.29) is 18.6 Å². The summed E-state index contributed by atoms with van der Waals surface area (Å²) in [6.45, 7) is 3.98. The number of rotatable bonds is 4. The molecule has 4 nitrogen and oxygen atoms in total. The predicted octanol–water partition coefficient (Wildman–Crippen LogP) is 1.69. The smallest absolute Gasteiger partial charge is 0.241 e. The van der Waals surface area contributed by atoms with Crippen molar-refractivity contribution in [1.82, 2.24) is 5.32 Å². The fourth-order valence-electron chi connectivity index (χ4n) is 2.33. The highest BCUT2D eigenvalue weighted by molar-refractivity contribution is 5.96. The first-order valence-corrected chi connectivity index (χ1v) is 6.85. The molecule has 1 aliphatic heterocycles. The number of aliphatic hydroxyl groups is 1. The van der Waals surface area contributed by atoms with Gasteiger partial charge >= 0.3 is 0 Å². The third-order valence-electron chi connectivity index (χ3n) is 3.95. The van der Waals surface area contributed by atoms with Crippen LogP contribution in [0, 0.1) is 0 Å². The molecule has 1 aliphatic rings. The van der Waals surface area contributed by atoms with Crippen molar-refractivity contribution in [2.24, 2.45) is 0 Å². The molecule has 1 heterocycles. The van der Waals surface area contributed by atoms with Gasteiger partial charge in [0.25, 0.3) is 0 Å². The molecule has 1 aromatic rings. The average Bonchev–Trinajstić information content (AvgIpc) is 2.58. The Morgan fingerprint density at radius 1 is 1.47 bits per heavy atom. The summed E-state index contributed by atoms with van der Waals surface area (Å²) >= 11 is 0. The van der Waals surface area contributed by atoms with Crippen LogP contribution in [0.1, 0.15) is 32.3 Å². The molecular formula is C15H22N2O2. The van der Waals surface area contributed by atoms with E-state index in [2.05, 4.69) is 10.6 Å². The Bertz CT molecular complexity index is 455. The molecule has 0 fully saturated rings. The summed E-state index contributed by atoms with van der Waals surface area (Å²) in [5.74, 6) is -0.0157. The van der Waals surface area contributed by atoms with Crippen LogP contribution < -0.4 is 10.6 Å². The van der Waals surface area contributed by atoms with E-state index in [9.17, 15) is 9.90 Å². The lowest BCUT2D eigenvalue weighted by molar-refractivity contribution is -0.118. The quantitative estimate of drug-likeness (QED) is 0.774. The van der Waals surface area contributed by atoms with Gasteiger partial charge in [0.15, 0.2) is 0 Å². The SMILES string of the molecule is CCC(C)(CO)NC1CCc2ccccc2NC1=O. The Balaban J connectivity index is 2.12. The number of carbonyl (C=O) groups excluding carboxylic acids is 1. The van der Waals surface area contributed by atoms with Crippen LogP contribution >= 0.6 is 0 Å². The first-order valence-electron chi connectivity index (χ1n) is 6.85. The van der Waals surface area contributed by atoms with Crippen LogP contribution in [0.15, 0.2) is 24.3 Å². The highest BCUT2D eigenvalue weighted by atomic mass is 16.3. The topological polar surface area (TPSA) is 61.4 Å². The van der Waals surface area contributed by atoms with Gasteiger partial charge in [0.05, 0.1) is 12.6 Å². The molecule has 0 spiro atoms. The maximum atomic E-state index is 12.2. The Hall–Kier alpha value is -1.39. The Morgan fingerprint density at radius 3 is 2.89 bits per heavy atom. The van der Waals surface area contributed by atoms with Crippen LogP contribution in [-0.4, -0.2) is 29.2 Å². The van der Waals surface area contributed by atoms with Crippen LogP contribution in [-0.2, 0) is 11.2 Å². The van der Waals surface area contributed by atoms with Crippen LogP contribution in [0.5, 0.6) is 0 Å². The van der Waals surface area contributed by atoms with E-state index >= 15 is 0 Å². The highest BCUT2D eigenvalue weighted by Gasteiger charge is 2.30. The molecule has 19 heavy (non-hydrogen) atoms. The largest absolute Gasteiger partial charge is 0.394 e. The standard InChI is InChI=1S/C15H22N2O2/c1-3-15(2,10-18)17-13-9-8-11-6-4-5-7-12(11)16-14(13)19/h4-7,13,17-18H,3,8-10H2,1-2H3,(H,16,19). The molecule has 0 radical (unpaired) electrons. The fourth-order valence-corrected chi connectivity index (χ4v) is 2.33. The number of fused-ring (bicyclic) bond motifs is 1. The third-order valence-corrected chi connectivity index (χ3v) is 3.95. The van der Waals surface area contributed by atoms with Gasteiger partial charge in [-0.15, -0.1) is 0 Å². The van der Waals surface area contributed by atoms with E-state index in [4.69, 9.17) is 0 Å². The predicted molar refractivity (Wildman–Crippen MR) is 76.1 cm³/mol. The molecule has 2 rings (SSSR count). The second-order valence-electron chi connectivity index (χ2n) is 5.45. The van der Waals surface area contributed by atoms with Crippen molar-refractivity contribution in [3.63, 3.8) is 0 Å². The lowest BCUT2D eigenvalue weighted by Crippen LogP contribution is -2.54. The molecule has 1 aromatic carbocycles. The highest BCUT2D eigenvalue weighted by Crippen LogP contribution is 2.22. The number of benzene rings is 1. The number of nitrogens with one attached hydrogen (secondary N) is 2. The number of para-hydroxylation sites is 1. The molecule has 2 atom stereocenters. The normalized spacial score (nSPS) is 22.1. The zero-order valence-electron chi connectivity index (χ0n) is 11.6. The molecule has 0 saturated heterocycles. The van der Waals surface area contributed by atoms with Gasteiger partial charge in [0.1, 0.15) is 0 Å². The summed E-state index contributed by atoms with van der Waals surface area (Å²) < 4.78 is 0. The molecule has 4 heteroatoms. The van der Waals surface area contributed by atoms with Crippen molar-refractivity contribution >= 4 is 11.6 Å². The molecule has 0 saturated carbocycles.